The van der Waals surface area contributed by atoms with Crippen LogP contribution in [0.1, 0.15) is 40.9 Å². The van der Waals surface area contributed by atoms with Crippen molar-refractivity contribution in [2.75, 3.05) is 44.3 Å². The van der Waals surface area contributed by atoms with Crippen LogP contribution in [0.3, 0.4) is 0 Å². The van der Waals surface area contributed by atoms with Gasteiger partial charge in [-0.25, -0.2) is 4.98 Å². The number of likely N-dealkylation sites (tertiary alicyclic amines) is 1. The van der Waals surface area contributed by atoms with Gasteiger partial charge in [-0.05, 0) is 37.8 Å². The van der Waals surface area contributed by atoms with Crippen molar-refractivity contribution in [1.29, 1.82) is 0 Å². The standard InChI is InChI=1S/C23H29N5O2/c1-18-6-5-7-19(14-18)17-24-26-22-16-20(27-10-12-30-13-11-27)15-21(25-22)23(29)28-8-3-2-4-9-28/h5-7,14-16H,2-4,8-13,17H2,1H3. The van der Waals surface area contributed by atoms with E-state index in [0.717, 1.165) is 50.3 Å². The number of carbonyl (C=O) groups excluding carboxylic acids is 1. The van der Waals surface area contributed by atoms with Crippen LogP contribution < -0.4 is 4.90 Å². The van der Waals surface area contributed by atoms with Crippen LogP contribution in [-0.2, 0) is 11.3 Å². The zero-order valence-corrected chi connectivity index (χ0v) is 17.6. The molecule has 2 saturated heterocycles. The molecule has 1 aromatic carbocycles. The van der Waals surface area contributed by atoms with Gasteiger partial charge in [-0.2, -0.15) is 5.11 Å². The fourth-order valence-corrected chi connectivity index (χ4v) is 3.93. The molecule has 0 saturated carbocycles. The molecule has 0 N–H and O–H groups in total. The first-order chi connectivity index (χ1) is 14.7. The third-order valence-electron chi connectivity index (χ3n) is 5.54. The molecule has 30 heavy (non-hydrogen) atoms. The average molecular weight is 408 g/mol. The number of carbonyl (C=O) groups is 1. The van der Waals surface area contributed by atoms with Gasteiger partial charge in [0, 0.05) is 37.9 Å². The zero-order chi connectivity index (χ0) is 20.8. The van der Waals surface area contributed by atoms with Gasteiger partial charge in [0.05, 0.1) is 19.8 Å². The Bertz CT molecular complexity index is 902. The topological polar surface area (TPSA) is 70.4 Å². The number of amides is 1. The van der Waals surface area contributed by atoms with Gasteiger partial charge in [0.2, 0.25) is 0 Å². The summed E-state index contributed by atoms with van der Waals surface area (Å²) in [5, 5.41) is 8.71. The summed E-state index contributed by atoms with van der Waals surface area (Å²) >= 11 is 0. The van der Waals surface area contributed by atoms with E-state index in [4.69, 9.17) is 4.74 Å². The second-order valence-corrected chi connectivity index (χ2v) is 7.91. The van der Waals surface area contributed by atoms with Crippen molar-refractivity contribution < 1.29 is 9.53 Å². The maximum absolute atomic E-state index is 13.1. The summed E-state index contributed by atoms with van der Waals surface area (Å²) in [6.45, 7) is 7.10. The summed E-state index contributed by atoms with van der Waals surface area (Å²) in [4.78, 5) is 21.7. The van der Waals surface area contributed by atoms with Crippen molar-refractivity contribution in [2.24, 2.45) is 10.2 Å². The van der Waals surface area contributed by atoms with E-state index in [1.807, 2.05) is 29.2 Å². The Morgan fingerprint density at radius 3 is 2.63 bits per heavy atom. The molecule has 0 aliphatic carbocycles. The molecule has 2 aromatic rings. The number of aryl methyl sites for hydroxylation is 1. The lowest BCUT2D eigenvalue weighted by Gasteiger charge is -2.30. The number of hydrogen-bond donors (Lipinski definition) is 0. The second kappa shape index (κ2) is 9.80. The van der Waals surface area contributed by atoms with Crippen LogP contribution in [0.2, 0.25) is 0 Å². The molecule has 3 heterocycles. The number of anilines is 1. The van der Waals surface area contributed by atoms with Crippen molar-refractivity contribution in [2.45, 2.75) is 32.7 Å². The summed E-state index contributed by atoms with van der Waals surface area (Å²) in [5.41, 5.74) is 3.71. The van der Waals surface area contributed by atoms with Gasteiger partial charge < -0.3 is 14.5 Å². The highest BCUT2D eigenvalue weighted by molar-refractivity contribution is 5.93. The molecule has 0 unspecified atom stereocenters. The number of benzene rings is 1. The number of rotatable bonds is 5. The molecule has 7 nitrogen and oxygen atoms in total. The number of ether oxygens (including phenoxy) is 1. The van der Waals surface area contributed by atoms with E-state index in [1.54, 1.807) is 0 Å². The van der Waals surface area contributed by atoms with Gasteiger partial charge in [-0.15, -0.1) is 5.11 Å². The third kappa shape index (κ3) is 5.21. The van der Waals surface area contributed by atoms with Crippen molar-refractivity contribution in [3.05, 3.63) is 53.2 Å². The second-order valence-electron chi connectivity index (χ2n) is 7.91. The summed E-state index contributed by atoms with van der Waals surface area (Å²) in [5.74, 6) is 0.465. The number of aromatic nitrogens is 1. The summed E-state index contributed by atoms with van der Waals surface area (Å²) in [6, 6.07) is 12.0. The zero-order valence-electron chi connectivity index (χ0n) is 17.6. The van der Waals surface area contributed by atoms with Crippen LogP contribution >= 0.6 is 0 Å². The van der Waals surface area contributed by atoms with Gasteiger partial charge in [-0.3, -0.25) is 4.79 Å². The SMILES string of the molecule is Cc1cccc(CN=Nc2cc(N3CCOCC3)cc(C(=O)N3CCCCC3)n2)c1. The smallest absolute Gasteiger partial charge is 0.272 e. The molecule has 4 rings (SSSR count). The Morgan fingerprint density at radius 2 is 1.87 bits per heavy atom. The molecule has 7 heteroatoms. The molecule has 158 valence electrons. The summed E-state index contributed by atoms with van der Waals surface area (Å²) in [7, 11) is 0. The van der Waals surface area contributed by atoms with E-state index in [1.165, 1.54) is 12.0 Å². The number of piperidine rings is 1. The molecule has 2 aliphatic heterocycles. The Hall–Kier alpha value is -2.80. The number of azo groups is 1. The van der Waals surface area contributed by atoms with Gasteiger partial charge in [0.1, 0.15) is 5.69 Å². The van der Waals surface area contributed by atoms with E-state index in [0.29, 0.717) is 31.3 Å². The molecule has 0 radical (unpaired) electrons. The Balaban J connectivity index is 1.57. The fourth-order valence-electron chi connectivity index (χ4n) is 3.93. The molecule has 2 aliphatic rings. The fraction of sp³-hybridized carbons (Fsp3) is 0.478. The maximum Gasteiger partial charge on any atom is 0.272 e. The minimum atomic E-state index is -0.0139. The maximum atomic E-state index is 13.1. The molecule has 0 bridgehead atoms. The first-order valence-corrected chi connectivity index (χ1v) is 10.8. The first kappa shape index (κ1) is 20.5. The van der Waals surface area contributed by atoms with E-state index < -0.39 is 0 Å². The Kier molecular flexibility index (Phi) is 6.69. The lowest BCUT2D eigenvalue weighted by atomic mass is 10.1. The van der Waals surface area contributed by atoms with Crippen molar-refractivity contribution in [1.82, 2.24) is 9.88 Å². The average Bonchev–Trinajstić information content (AvgIpc) is 2.80. The molecule has 2 fully saturated rings. The molecule has 0 atom stereocenters. The van der Waals surface area contributed by atoms with E-state index >= 15 is 0 Å². The number of hydrogen-bond acceptors (Lipinski definition) is 6. The number of morpholine rings is 1. The van der Waals surface area contributed by atoms with Crippen molar-refractivity contribution in [3.63, 3.8) is 0 Å². The van der Waals surface area contributed by atoms with Crippen LogP contribution in [-0.4, -0.2) is 55.2 Å². The van der Waals surface area contributed by atoms with Crippen LogP contribution in [0, 0.1) is 6.92 Å². The third-order valence-corrected chi connectivity index (χ3v) is 5.54. The van der Waals surface area contributed by atoms with Gasteiger partial charge in [-0.1, -0.05) is 29.8 Å². The predicted molar refractivity (Wildman–Crippen MR) is 116 cm³/mol. The predicted octanol–water partition coefficient (Wildman–Crippen LogP) is 4.14. The molecule has 1 aromatic heterocycles. The Labute approximate surface area is 177 Å². The summed E-state index contributed by atoms with van der Waals surface area (Å²) < 4.78 is 5.47. The van der Waals surface area contributed by atoms with Crippen LogP contribution in [0.25, 0.3) is 0 Å². The van der Waals surface area contributed by atoms with Crippen LogP contribution in [0.15, 0.2) is 46.6 Å². The molecule has 1 amide bonds. The minimum absolute atomic E-state index is 0.0139. The van der Waals surface area contributed by atoms with E-state index in [-0.39, 0.29) is 5.91 Å². The van der Waals surface area contributed by atoms with Crippen LogP contribution in [0.4, 0.5) is 11.5 Å². The van der Waals surface area contributed by atoms with E-state index in [2.05, 4.69) is 39.2 Å². The Morgan fingerprint density at radius 1 is 1.07 bits per heavy atom. The molecular formula is C23H29N5O2. The molecule has 0 spiro atoms. The highest BCUT2D eigenvalue weighted by Crippen LogP contribution is 2.24. The highest BCUT2D eigenvalue weighted by Gasteiger charge is 2.22. The highest BCUT2D eigenvalue weighted by atomic mass is 16.5. The van der Waals surface area contributed by atoms with Gasteiger partial charge >= 0.3 is 0 Å². The van der Waals surface area contributed by atoms with E-state index in [9.17, 15) is 4.79 Å². The van der Waals surface area contributed by atoms with Gasteiger partial charge in [0.25, 0.3) is 5.91 Å². The first-order valence-electron chi connectivity index (χ1n) is 10.8. The minimum Gasteiger partial charge on any atom is -0.378 e. The molecular weight excluding hydrogens is 378 g/mol. The summed E-state index contributed by atoms with van der Waals surface area (Å²) in [6.07, 6.45) is 3.29. The van der Waals surface area contributed by atoms with Crippen molar-refractivity contribution >= 4 is 17.4 Å². The largest absolute Gasteiger partial charge is 0.378 e. The lowest BCUT2D eigenvalue weighted by Crippen LogP contribution is -2.37. The number of pyridine rings is 1. The van der Waals surface area contributed by atoms with Crippen molar-refractivity contribution in [3.8, 4) is 0 Å². The number of nitrogens with zero attached hydrogens (tertiary/aromatic N) is 5. The quantitative estimate of drug-likeness (QED) is 0.699. The van der Waals surface area contributed by atoms with Gasteiger partial charge in [0.15, 0.2) is 5.82 Å². The van der Waals surface area contributed by atoms with Crippen LogP contribution in [0.5, 0.6) is 0 Å². The lowest BCUT2D eigenvalue weighted by molar-refractivity contribution is 0.0718. The normalized spacial score (nSPS) is 17.5. The monoisotopic (exact) mass is 407 g/mol.